The summed E-state index contributed by atoms with van der Waals surface area (Å²) in [4.78, 5) is 2.38. The first-order valence-electron chi connectivity index (χ1n) is 8.00. The van der Waals surface area contributed by atoms with Crippen LogP contribution in [0.25, 0.3) is 0 Å². The minimum Gasteiger partial charge on any atom is -0.311 e. The van der Waals surface area contributed by atoms with Crippen LogP contribution in [0.3, 0.4) is 0 Å². The summed E-state index contributed by atoms with van der Waals surface area (Å²) in [7, 11) is 0. The van der Waals surface area contributed by atoms with Gasteiger partial charge in [-0.2, -0.15) is 13.2 Å². The van der Waals surface area contributed by atoms with Crippen molar-refractivity contribution in [1.29, 1.82) is 0 Å². The van der Waals surface area contributed by atoms with Gasteiger partial charge in [-0.05, 0) is 32.2 Å². The third kappa shape index (κ3) is 4.10. The summed E-state index contributed by atoms with van der Waals surface area (Å²) in [6.07, 6.45) is 2.55. The van der Waals surface area contributed by atoms with Gasteiger partial charge in [0.15, 0.2) is 0 Å². The van der Waals surface area contributed by atoms with Crippen molar-refractivity contribution in [2.75, 3.05) is 19.6 Å². The predicted molar refractivity (Wildman–Crippen MR) is 74.8 cm³/mol. The number of nitrogens with zero attached hydrogens (tertiary/aromatic N) is 1. The van der Waals surface area contributed by atoms with Crippen LogP contribution in [0, 0.1) is 0 Å². The lowest BCUT2D eigenvalue weighted by atomic mass is 9.89. The number of hydrogen-bond donors (Lipinski definition) is 1. The fraction of sp³-hybridized carbons (Fsp3) is 1.00. The number of alkyl halides is 3. The van der Waals surface area contributed by atoms with Crippen LogP contribution in [0.1, 0.15) is 58.3 Å². The molecule has 0 aromatic carbocycles. The Balaban J connectivity index is 1.91. The maximum absolute atomic E-state index is 12.3. The Morgan fingerprint density at radius 3 is 2.55 bits per heavy atom. The predicted octanol–water partition coefficient (Wildman–Crippen LogP) is 3.72. The molecule has 1 saturated carbocycles. The maximum Gasteiger partial charge on any atom is 0.389 e. The molecule has 2 rings (SSSR count). The molecule has 0 radical (unpaired) electrons. The van der Waals surface area contributed by atoms with Gasteiger partial charge in [0.25, 0.3) is 0 Å². The van der Waals surface area contributed by atoms with Crippen molar-refractivity contribution in [3.63, 3.8) is 0 Å². The quantitative estimate of drug-likeness (QED) is 0.831. The Morgan fingerprint density at radius 2 is 1.95 bits per heavy atom. The van der Waals surface area contributed by atoms with Crippen LogP contribution >= 0.6 is 0 Å². The summed E-state index contributed by atoms with van der Waals surface area (Å²) in [5, 5.41) is 3.63. The van der Waals surface area contributed by atoms with Gasteiger partial charge in [-0.3, -0.25) is 4.90 Å². The first-order valence-corrected chi connectivity index (χ1v) is 8.00. The Hall–Kier alpha value is -0.290. The van der Waals surface area contributed by atoms with E-state index in [1.54, 1.807) is 0 Å². The molecule has 2 fully saturated rings. The van der Waals surface area contributed by atoms with E-state index in [2.05, 4.69) is 17.1 Å². The number of piperazine rings is 1. The van der Waals surface area contributed by atoms with E-state index < -0.39 is 12.6 Å². The molecule has 1 aliphatic heterocycles. The van der Waals surface area contributed by atoms with Crippen molar-refractivity contribution in [2.24, 2.45) is 0 Å². The number of halogens is 3. The summed E-state index contributed by atoms with van der Waals surface area (Å²) in [6, 6.07) is 0.456. The fourth-order valence-electron chi connectivity index (χ4n) is 3.84. The average molecular weight is 292 g/mol. The van der Waals surface area contributed by atoms with Gasteiger partial charge < -0.3 is 5.32 Å². The van der Waals surface area contributed by atoms with Crippen LogP contribution in [0.15, 0.2) is 0 Å². The van der Waals surface area contributed by atoms with Gasteiger partial charge in [-0.1, -0.05) is 26.2 Å². The van der Waals surface area contributed by atoms with Gasteiger partial charge in [0.05, 0.1) is 0 Å². The molecule has 118 valence electrons. The van der Waals surface area contributed by atoms with Crippen LogP contribution in [-0.4, -0.2) is 42.3 Å². The molecular formula is C15H27F3N2. The smallest absolute Gasteiger partial charge is 0.311 e. The van der Waals surface area contributed by atoms with Crippen molar-refractivity contribution < 1.29 is 13.2 Å². The van der Waals surface area contributed by atoms with Crippen LogP contribution < -0.4 is 5.32 Å². The minimum absolute atomic E-state index is 0.149. The van der Waals surface area contributed by atoms with E-state index >= 15 is 0 Å². The second kappa shape index (κ2) is 6.65. The van der Waals surface area contributed by atoms with Crippen molar-refractivity contribution in [2.45, 2.75) is 76.0 Å². The molecule has 1 heterocycles. The van der Waals surface area contributed by atoms with E-state index in [1.165, 1.54) is 12.8 Å². The Labute approximate surface area is 120 Å². The van der Waals surface area contributed by atoms with Crippen molar-refractivity contribution in [1.82, 2.24) is 10.2 Å². The van der Waals surface area contributed by atoms with Crippen LogP contribution in [0.4, 0.5) is 13.2 Å². The summed E-state index contributed by atoms with van der Waals surface area (Å²) in [5.74, 6) is 0. The van der Waals surface area contributed by atoms with Gasteiger partial charge >= 0.3 is 6.18 Å². The Bertz CT molecular complexity index is 298. The largest absolute Gasteiger partial charge is 0.389 e. The number of rotatable bonds is 5. The lowest BCUT2D eigenvalue weighted by Gasteiger charge is -2.48. The molecule has 2 nitrogen and oxygen atoms in total. The van der Waals surface area contributed by atoms with Gasteiger partial charge in [0.1, 0.15) is 0 Å². The molecule has 1 saturated heterocycles. The summed E-state index contributed by atoms with van der Waals surface area (Å²) in [6.45, 7) is 4.65. The van der Waals surface area contributed by atoms with Crippen molar-refractivity contribution >= 4 is 0 Å². The van der Waals surface area contributed by atoms with Crippen molar-refractivity contribution in [3.8, 4) is 0 Å². The fourth-order valence-corrected chi connectivity index (χ4v) is 3.84. The zero-order valence-electron chi connectivity index (χ0n) is 12.4. The first-order chi connectivity index (χ1) is 9.45. The highest BCUT2D eigenvalue weighted by Gasteiger charge is 2.43. The van der Waals surface area contributed by atoms with Crippen molar-refractivity contribution in [3.05, 3.63) is 0 Å². The number of hydrogen-bond acceptors (Lipinski definition) is 2. The van der Waals surface area contributed by atoms with E-state index in [-0.39, 0.29) is 12.0 Å². The highest BCUT2D eigenvalue weighted by atomic mass is 19.4. The van der Waals surface area contributed by atoms with Gasteiger partial charge in [-0.15, -0.1) is 0 Å². The zero-order chi connectivity index (χ0) is 14.6. The maximum atomic E-state index is 12.3. The SMILES string of the molecule is CCCC1CN(CCCC(F)(F)F)C2(CCCC2)CN1. The highest BCUT2D eigenvalue weighted by Crippen LogP contribution is 2.37. The van der Waals surface area contributed by atoms with Gasteiger partial charge in [-0.25, -0.2) is 0 Å². The van der Waals surface area contributed by atoms with Crippen LogP contribution in [0.2, 0.25) is 0 Å². The zero-order valence-corrected chi connectivity index (χ0v) is 12.4. The molecule has 1 unspecified atom stereocenters. The Morgan fingerprint density at radius 1 is 1.25 bits per heavy atom. The second-order valence-electron chi connectivity index (χ2n) is 6.46. The summed E-state index contributed by atoms with van der Waals surface area (Å²) < 4.78 is 37.0. The molecule has 20 heavy (non-hydrogen) atoms. The molecule has 0 amide bonds. The topological polar surface area (TPSA) is 15.3 Å². The van der Waals surface area contributed by atoms with Crippen LogP contribution in [-0.2, 0) is 0 Å². The second-order valence-corrected chi connectivity index (χ2v) is 6.46. The standard InChI is InChI=1S/C15H27F3N2/c1-2-6-13-11-20(10-5-9-15(16,17)18)14(12-19-13)7-3-4-8-14/h13,19H,2-12H2,1H3. The van der Waals surface area contributed by atoms with Crippen LogP contribution in [0.5, 0.6) is 0 Å². The molecule has 0 aromatic rings. The average Bonchev–Trinajstić information content (AvgIpc) is 2.82. The highest BCUT2D eigenvalue weighted by molar-refractivity contribution is 5.01. The molecule has 2 aliphatic rings. The van der Waals surface area contributed by atoms with Gasteiger partial charge in [0, 0.05) is 31.1 Å². The van der Waals surface area contributed by atoms with E-state index in [9.17, 15) is 13.2 Å². The van der Waals surface area contributed by atoms with E-state index in [1.807, 2.05) is 0 Å². The van der Waals surface area contributed by atoms with E-state index in [0.29, 0.717) is 12.6 Å². The summed E-state index contributed by atoms with van der Waals surface area (Å²) >= 11 is 0. The summed E-state index contributed by atoms with van der Waals surface area (Å²) in [5.41, 5.74) is 0.149. The molecule has 0 bridgehead atoms. The first kappa shape index (κ1) is 16.1. The lowest BCUT2D eigenvalue weighted by Crippen LogP contribution is -2.63. The molecule has 0 aromatic heterocycles. The molecule has 1 atom stereocenters. The minimum atomic E-state index is -4.01. The molecule has 1 spiro atoms. The van der Waals surface area contributed by atoms with E-state index in [0.717, 1.165) is 38.8 Å². The Kier molecular flexibility index (Phi) is 5.35. The molecular weight excluding hydrogens is 265 g/mol. The monoisotopic (exact) mass is 292 g/mol. The van der Waals surface area contributed by atoms with Gasteiger partial charge in [0.2, 0.25) is 0 Å². The normalized spacial score (nSPS) is 27.3. The lowest BCUT2D eigenvalue weighted by molar-refractivity contribution is -0.137. The third-order valence-corrected chi connectivity index (χ3v) is 4.89. The number of nitrogens with one attached hydrogen (secondary N) is 1. The molecule has 1 aliphatic carbocycles. The molecule has 1 N–H and O–H groups in total. The molecule has 5 heteroatoms. The van der Waals surface area contributed by atoms with E-state index in [4.69, 9.17) is 0 Å². The third-order valence-electron chi connectivity index (χ3n) is 4.89.